The van der Waals surface area contributed by atoms with Gasteiger partial charge in [-0.3, -0.25) is 19.6 Å². The second-order valence-electron chi connectivity index (χ2n) is 7.26. The Labute approximate surface area is 159 Å². The number of aliphatic hydroxyl groups is 1. The van der Waals surface area contributed by atoms with Crippen LogP contribution in [0.5, 0.6) is 0 Å². The van der Waals surface area contributed by atoms with E-state index in [1.807, 2.05) is 6.92 Å². The molecule has 27 heavy (non-hydrogen) atoms. The van der Waals surface area contributed by atoms with Gasteiger partial charge in [0.2, 0.25) is 11.8 Å². The van der Waals surface area contributed by atoms with Crippen molar-refractivity contribution in [2.24, 2.45) is 11.8 Å². The molecule has 2 fully saturated rings. The van der Waals surface area contributed by atoms with Crippen LogP contribution < -0.4 is 0 Å². The van der Waals surface area contributed by atoms with Crippen LogP contribution in [0.25, 0.3) is 0 Å². The number of aliphatic hydroxyl groups excluding tert-OH is 1. The third kappa shape index (κ3) is 5.01. The average molecular weight is 376 g/mol. The lowest BCUT2D eigenvalue weighted by Crippen LogP contribution is -2.45. The predicted octanol–water partition coefficient (Wildman–Crippen LogP) is 0.114. The van der Waals surface area contributed by atoms with E-state index in [0.29, 0.717) is 52.0 Å². The van der Waals surface area contributed by atoms with E-state index in [4.69, 9.17) is 4.74 Å². The van der Waals surface area contributed by atoms with Crippen molar-refractivity contribution < 1.29 is 19.4 Å². The molecule has 3 rings (SSSR count). The molecule has 0 aromatic carbocycles. The van der Waals surface area contributed by atoms with Crippen molar-refractivity contribution in [1.82, 2.24) is 19.8 Å². The minimum absolute atomic E-state index is 0.0108. The summed E-state index contributed by atoms with van der Waals surface area (Å²) in [4.78, 5) is 36.7. The molecule has 1 aromatic rings. The first-order valence-electron chi connectivity index (χ1n) is 9.65. The van der Waals surface area contributed by atoms with E-state index < -0.39 is 6.10 Å². The summed E-state index contributed by atoms with van der Waals surface area (Å²) < 4.78 is 5.17. The Morgan fingerprint density at radius 2 is 2.00 bits per heavy atom. The van der Waals surface area contributed by atoms with E-state index >= 15 is 0 Å². The first kappa shape index (κ1) is 19.7. The van der Waals surface area contributed by atoms with Crippen LogP contribution in [0.1, 0.15) is 25.5 Å². The van der Waals surface area contributed by atoms with Crippen LogP contribution in [-0.2, 0) is 20.7 Å². The third-order valence-electron chi connectivity index (χ3n) is 5.43. The van der Waals surface area contributed by atoms with Crippen LogP contribution in [0, 0.1) is 11.8 Å². The Morgan fingerprint density at radius 3 is 2.67 bits per heavy atom. The molecule has 2 aliphatic heterocycles. The van der Waals surface area contributed by atoms with Crippen molar-refractivity contribution in [1.29, 1.82) is 0 Å². The lowest BCUT2D eigenvalue weighted by Gasteiger charge is -2.33. The van der Waals surface area contributed by atoms with Gasteiger partial charge in [0.05, 0.1) is 11.8 Å². The van der Waals surface area contributed by atoms with Gasteiger partial charge in [-0.1, -0.05) is 0 Å². The van der Waals surface area contributed by atoms with Crippen molar-refractivity contribution >= 4 is 11.8 Å². The second kappa shape index (κ2) is 9.23. The monoisotopic (exact) mass is 376 g/mol. The molecule has 0 bridgehead atoms. The van der Waals surface area contributed by atoms with Crippen LogP contribution in [0.3, 0.4) is 0 Å². The summed E-state index contributed by atoms with van der Waals surface area (Å²) in [6.45, 7) is 4.57. The average Bonchev–Trinajstić information content (AvgIpc) is 3.06. The smallest absolute Gasteiger partial charge is 0.248 e. The number of nitrogens with zero attached hydrogens (tertiary/aromatic N) is 4. The Kier molecular flexibility index (Phi) is 6.73. The molecule has 2 aliphatic rings. The van der Waals surface area contributed by atoms with Crippen LogP contribution >= 0.6 is 0 Å². The topological polar surface area (TPSA) is 95.9 Å². The molecular formula is C19H28N4O4. The highest BCUT2D eigenvalue weighted by Gasteiger charge is 2.38. The molecule has 0 aliphatic carbocycles. The number of piperidine rings is 1. The van der Waals surface area contributed by atoms with Gasteiger partial charge < -0.3 is 19.6 Å². The number of carbonyl (C=O) groups is 2. The number of hydrogen-bond acceptors (Lipinski definition) is 6. The van der Waals surface area contributed by atoms with Crippen molar-refractivity contribution in [2.75, 3.05) is 39.4 Å². The van der Waals surface area contributed by atoms with E-state index in [2.05, 4.69) is 9.97 Å². The van der Waals surface area contributed by atoms with E-state index in [0.717, 1.165) is 5.69 Å². The Balaban J connectivity index is 1.48. The maximum atomic E-state index is 12.9. The van der Waals surface area contributed by atoms with E-state index in [1.165, 1.54) is 0 Å². The zero-order valence-electron chi connectivity index (χ0n) is 15.8. The molecule has 0 radical (unpaired) electrons. The maximum Gasteiger partial charge on any atom is 0.248 e. The van der Waals surface area contributed by atoms with Crippen molar-refractivity contribution in [3.05, 3.63) is 24.3 Å². The first-order chi connectivity index (χ1) is 13.1. The number of hydrogen-bond donors (Lipinski definition) is 1. The minimum Gasteiger partial charge on any atom is -0.391 e. The standard InChI is InChI=1S/C19H28N4O4/c1-2-27-13-18(25)22-7-3-14(4-8-22)19(26)23-11-15(17(24)12-23)9-16-10-20-5-6-21-16/h5-6,10,14-15,17,24H,2-4,7-9,11-13H2,1H3/t15-,17-/m1/s1. The van der Waals surface area contributed by atoms with Crippen LogP contribution in [-0.4, -0.2) is 82.2 Å². The molecule has 0 saturated carbocycles. The zero-order chi connectivity index (χ0) is 19.2. The quantitative estimate of drug-likeness (QED) is 0.757. The highest BCUT2D eigenvalue weighted by molar-refractivity contribution is 5.81. The lowest BCUT2D eigenvalue weighted by atomic mass is 9.95. The van der Waals surface area contributed by atoms with Gasteiger partial charge in [-0.2, -0.15) is 0 Å². The number of carbonyl (C=O) groups excluding carboxylic acids is 2. The van der Waals surface area contributed by atoms with Gasteiger partial charge >= 0.3 is 0 Å². The third-order valence-corrected chi connectivity index (χ3v) is 5.43. The molecule has 0 unspecified atom stereocenters. The summed E-state index contributed by atoms with van der Waals surface area (Å²) in [6, 6.07) is 0. The van der Waals surface area contributed by atoms with Crippen molar-refractivity contribution in [3.8, 4) is 0 Å². The van der Waals surface area contributed by atoms with Gasteiger partial charge in [-0.05, 0) is 26.2 Å². The van der Waals surface area contributed by atoms with Crippen molar-refractivity contribution in [3.63, 3.8) is 0 Å². The number of ether oxygens (including phenoxy) is 1. The summed E-state index contributed by atoms with van der Waals surface area (Å²) in [7, 11) is 0. The number of aromatic nitrogens is 2. The lowest BCUT2D eigenvalue weighted by molar-refractivity contribution is -0.142. The molecule has 2 atom stereocenters. The zero-order valence-corrected chi connectivity index (χ0v) is 15.8. The number of amides is 2. The summed E-state index contributed by atoms with van der Waals surface area (Å²) in [5.74, 6) is -0.0156. The molecule has 2 amide bonds. The molecule has 2 saturated heterocycles. The Bertz CT molecular complexity index is 634. The van der Waals surface area contributed by atoms with Crippen molar-refractivity contribution in [2.45, 2.75) is 32.3 Å². The van der Waals surface area contributed by atoms with E-state index in [-0.39, 0.29) is 30.3 Å². The highest BCUT2D eigenvalue weighted by Crippen LogP contribution is 2.26. The molecule has 8 heteroatoms. The maximum absolute atomic E-state index is 12.9. The van der Waals surface area contributed by atoms with Gasteiger partial charge in [-0.25, -0.2) is 0 Å². The first-order valence-corrected chi connectivity index (χ1v) is 9.65. The van der Waals surface area contributed by atoms with E-state index in [9.17, 15) is 14.7 Å². The fraction of sp³-hybridized carbons (Fsp3) is 0.684. The molecule has 8 nitrogen and oxygen atoms in total. The van der Waals surface area contributed by atoms with Gasteiger partial charge in [0.15, 0.2) is 0 Å². The fourth-order valence-corrected chi connectivity index (χ4v) is 3.85. The van der Waals surface area contributed by atoms with E-state index in [1.54, 1.807) is 28.4 Å². The fourth-order valence-electron chi connectivity index (χ4n) is 3.85. The van der Waals surface area contributed by atoms with Crippen LogP contribution in [0.4, 0.5) is 0 Å². The van der Waals surface area contributed by atoms with Crippen LogP contribution in [0.2, 0.25) is 0 Å². The number of likely N-dealkylation sites (tertiary alicyclic amines) is 2. The largest absolute Gasteiger partial charge is 0.391 e. The van der Waals surface area contributed by atoms with Gasteiger partial charge in [0.1, 0.15) is 6.61 Å². The SMILES string of the molecule is CCOCC(=O)N1CCC(C(=O)N2C[C@@H](Cc3cnccn3)[C@H](O)C2)CC1. The number of β-amino-alcohol motifs (C(OH)–C–C–N with tert-alkyl or cyclic N) is 1. The number of rotatable bonds is 6. The van der Waals surface area contributed by atoms with Gasteiger partial charge in [0, 0.05) is 63.2 Å². The summed E-state index contributed by atoms with van der Waals surface area (Å²) in [5.41, 5.74) is 0.831. The summed E-state index contributed by atoms with van der Waals surface area (Å²) in [5, 5.41) is 10.4. The molecule has 0 spiro atoms. The normalized spacial score (nSPS) is 23.6. The minimum atomic E-state index is -0.538. The molecular weight excluding hydrogens is 348 g/mol. The van der Waals surface area contributed by atoms with Crippen LogP contribution in [0.15, 0.2) is 18.6 Å². The molecule has 1 N–H and O–H groups in total. The molecule has 148 valence electrons. The van der Waals surface area contributed by atoms with Gasteiger partial charge in [0.25, 0.3) is 0 Å². The van der Waals surface area contributed by atoms with Gasteiger partial charge in [-0.15, -0.1) is 0 Å². The summed E-state index contributed by atoms with van der Waals surface area (Å²) in [6.07, 6.45) is 6.37. The highest BCUT2D eigenvalue weighted by atomic mass is 16.5. The second-order valence-corrected chi connectivity index (χ2v) is 7.26. The predicted molar refractivity (Wildman–Crippen MR) is 97.6 cm³/mol. The molecule has 1 aromatic heterocycles. The molecule has 3 heterocycles. The summed E-state index contributed by atoms with van der Waals surface area (Å²) >= 11 is 0. The Morgan fingerprint density at radius 1 is 1.22 bits per heavy atom. The Hall–Kier alpha value is -2.06.